The largest absolute Gasteiger partial charge is 0.480 e. The Hall–Kier alpha value is -0.690. The molecule has 0 fully saturated rings. The smallest absolute Gasteiger partial charge is 0.320 e. The molecule has 0 aromatic rings. The van der Waals surface area contributed by atoms with Crippen molar-refractivity contribution in [2.24, 2.45) is 0 Å². The zero-order valence-corrected chi connectivity index (χ0v) is 8.10. The second kappa shape index (κ2) is 5.92. The molecule has 5 N–H and O–H groups in total. The number of aliphatic hydroxyl groups excluding tert-OH is 3. The van der Waals surface area contributed by atoms with Gasteiger partial charge in [-0.2, -0.15) is 0 Å². The number of carboxylic acids is 1. The van der Waals surface area contributed by atoms with E-state index in [9.17, 15) is 4.79 Å². The molecule has 0 aromatic carbocycles. The van der Waals surface area contributed by atoms with Crippen molar-refractivity contribution >= 4 is 5.97 Å². The van der Waals surface area contributed by atoms with E-state index in [-0.39, 0.29) is 0 Å². The van der Waals surface area contributed by atoms with E-state index >= 15 is 0 Å². The van der Waals surface area contributed by atoms with Gasteiger partial charge in [0.15, 0.2) is 0 Å². The van der Waals surface area contributed by atoms with Crippen LogP contribution in [0.3, 0.4) is 0 Å². The fraction of sp³-hybridized carbons (Fsp3) is 0.875. The summed E-state index contributed by atoms with van der Waals surface area (Å²) in [6.45, 7) is 0.0833. The van der Waals surface area contributed by atoms with Crippen molar-refractivity contribution in [1.29, 1.82) is 0 Å². The van der Waals surface area contributed by atoms with Crippen LogP contribution < -0.4 is 5.32 Å². The number of nitrogens with one attached hydrogen (secondary N) is 1. The van der Waals surface area contributed by atoms with Gasteiger partial charge in [0, 0.05) is 0 Å². The molecule has 0 amide bonds. The van der Waals surface area contributed by atoms with Crippen molar-refractivity contribution in [1.82, 2.24) is 5.32 Å². The molecule has 0 saturated heterocycles. The molecule has 14 heavy (non-hydrogen) atoms. The minimum Gasteiger partial charge on any atom is -0.480 e. The molecule has 0 aliphatic rings. The molecular weight excluding hydrogens is 190 g/mol. The quantitative estimate of drug-likeness (QED) is 0.335. The summed E-state index contributed by atoms with van der Waals surface area (Å²) in [6.07, 6.45) is 0.303. The number of aliphatic carboxylic acids is 1. The van der Waals surface area contributed by atoms with Crippen molar-refractivity contribution in [2.75, 3.05) is 19.8 Å². The van der Waals surface area contributed by atoms with Crippen LogP contribution >= 0.6 is 0 Å². The summed E-state index contributed by atoms with van der Waals surface area (Å²) >= 11 is 0. The van der Waals surface area contributed by atoms with E-state index in [4.69, 9.17) is 20.4 Å². The normalized spacial score (nSPS) is 14.0. The van der Waals surface area contributed by atoms with Crippen LogP contribution in [0, 0.1) is 0 Å². The molecule has 84 valence electrons. The maximum atomic E-state index is 10.6. The SMILES string of the molecule is CCC(NC(CO)(CO)CO)C(=O)O. The van der Waals surface area contributed by atoms with E-state index in [1.807, 2.05) is 0 Å². The van der Waals surface area contributed by atoms with Gasteiger partial charge in [-0.25, -0.2) is 0 Å². The van der Waals surface area contributed by atoms with Crippen molar-refractivity contribution in [2.45, 2.75) is 24.9 Å². The Labute approximate surface area is 82.2 Å². The van der Waals surface area contributed by atoms with Gasteiger partial charge in [0.05, 0.1) is 25.4 Å². The Morgan fingerprint density at radius 3 is 1.93 bits per heavy atom. The predicted molar refractivity (Wildman–Crippen MR) is 48.8 cm³/mol. The van der Waals surface area contributed by atoms with Crippen LogP contribution in [0.1, 0.15) is 13.3 Å². The van der Waals surface area contributed by atoms with Crippen LogP contribution in [0.5, 0.6) is 0 Å². The molecule has 6 nitrogen and oxygen atoms in total. The van der Waals surface area contributed by atoms with Crippen molar-refractivity contribution in [3.8, 4) is 0 Å². The van der Waals surface area contributed by atoms with Crippen LogP contribution in [0.4, 0.5) is 0 Å². The van der Waals surface area contributed by atoms with Gasteiger partial charge < -0.3 is 20.4 Å². The highest BCUT2D eigenvalue weighted by Gasteiger charge is 2.32. The highest BCUT2D eigenvalue weighted by atomic mass is 16.4. The lowest BCUT2D eigenvalue weighted by atomic mass is 10.0. The Balaban J connectivity index is 4.47. The molecule has 0 aliphatic heterocycles. The minimum atomic E-state index is -1.33. The maximum absolute atomic E-state index is 10.6. The number of carbonyl (C=O) groups is 1. The maximum Gasteiger partial charge on any atom is 0.320 e. The number of hydrogen-bond donors (Lipinski definition) is 5. The van der Waals surface area contributed by atoms with Gasteiger partial charge in [-0.1, -0.05) is 6.92 Å². The molecule has 0 saturated carbocycles. The second-order valence-corrected chi connectivity index (χ2v) is 3.20. The topological polar surface area (TPSA) is 110 Å². The van der Waals surface area contributed by atoms with Crippen LogP contribution in [-0.4, -0.2) is 57.8 Å². The predicted octanol–water partition coefficient (Wildman–Crippen LogP) is -1.85. The highest BCUT2D eigenvalue weighted by Crippen LogP contribution is 2.05. The third-order valence-corrected chi connectivity index (χ3v) is 2.09. The minimum absolute atomic E-state index is 0.303. The summed E-state index contributed by atoms with van der Waals surface area (Å²) in [5.41, 5.74) is -1.33. The van der Waals surface area contributed by atoms with Crippen molar-refractivity contribution in [3.63, 3.8) is 0 Å². The third kappa shape index (κ3) is 3.22. The first-order valence-electron chi connectivity index (χ1n) is 4.38. The summed E-state index contributed by atoms with van der Waals surface area (Å²) in [7, 11) is 0. The van der Waals surface area contributed by atoms with Crippen LogP contribution in [0.15, 0.2) is 0 Å². The second-order valence-electron chi connectivity index (χ2n) is 3.20. The van der Waals surface area contributed by atoms with Gasteiger partial charge in [-0.3, -0.25) is 10.1 Å². The standard InChI is InChI=1S/C8H17NO5/c1-2-6(7(13)14)9-8(3-10,4-11)5-12/h6,9-12H,2-5H2,1H3,(H,13,14). The molecule has 0 bridgehead atoms. The molecule has 0 aliphatic carbocycles. The molecule has 0 spiro atoms. The molecular formula is C8H17NO5. The summed E-state index contributed by atoms with van der Waals surface area (Å²) < 4.78 is 0. The first-order chi connectivity index (χ1) is 6.55. The lowest BCUT2D eigenvalue weighted by Gasteiger charge is -2.31. The molecule has 0 aromatic heterocycles. The van der Waals surface area contributed by atoms with Crippen LogP contribution in [-0.2, 0) is 4.79 Å². The fourth-order valence-electron chi connectivity index (χ4n) is 0.995. The van der Waals surface area contributed by atoms with Gasteiger partial charge in [0.1, 0.15) is 6.04 Å². The van der Waals surface area contributed by atoms with E-state index in [1.165, 1.54) is 0 Å². The van der Waals surface area contributed by atoms with E-state index in [2.05, 4.69) is 5.32 Å². The van der Waals surface area contributed by atoms with Gasteiger partial charge >= 0.3 is 5.97 Å². The number of aliphatic hydroxyl groups is 3. The van der Waals surface area contributed by atoms with E-state index < -0.39 is 37.4 Å². The third-order valence-electron chi connectivity index (χ3n) is 2.09. The Morgan fingerprint density at radius 1 is 1.29 bits per heavy atom. The molecule has 6 heteroatoms. The highest BCUT2D eigenvalue weighted by molar-refractivity contribution is 5.73. The lowest BCUT2D eigenvalue weighted by Crippen LogP contribution is -2.60. The number of rotatable bonds is 7. The van der Waals surface area contributed by atoms with E-state index in [0.717, 1.165) is 0 Å². The number of hydrogen-bond acceptors (Lipinski definition) is 5. The average molecular weight is 207 g/mol. The lowest BCUT2D eigenvalue weighted by molar-refractivity contribution is -0.140. The molecule has 1 unspecified atom stereocenters. The summed E-state index contributed by atoms with van der Waals surface area (Å²) in [5, 5.41) is 38.0. The average Bonchev–Trinajstić information content (AvgIpc) is 2.20. The summed E-state index contributed by atoms with van der Waals surface area (Å²) in [5.74, 6) is -1.08. The first kappa shape index (κ1) is 13.3. The fourth-order valence-corrected chi connectivity index (χ4v) is 0.995. The number of carboxylic acid groups (broad SMARTS) is 1. The van der Waals surface area contributed by atoms with Gasteiger partial charge in [0.2, 0.25) is 0 Å². The van der Waals surface area contributed by atoms with Gasteiger partial charge in [-0.15, -0.1) is 0 Å². The molecule has 0 heterocycles. The van der Waals surface area contributed by atoms with Crippen molar-refractivity contribution < 1.29 is 25.2 Å². The first-order valence-corrected chi connectivity index (χ1v) is 4.38. The molecule has 0 radical (unpaired) electrons. The molecule has 1 atom stereocenters. The van der Waals surface area contributed by atoms with E-state index in [0.29, 0.717) is 6.42 Å². The summed E-state index contributed by atoms with van der Waals surface area (Å²) in [6, 6.07) is -0.888. The van der Waals surface area contributed by atoms with Crippen LogP contribution in [0.2, 0.25) is 0 Å². The van der Waals surface area contributed by atoms with Gasteiger partial charge in [0.25, 0.3) is 0 Å². The Bertz CT molecular complexity index is 172. The zero-order chi connectivity index (χ0) is 11.2. The van der Waals surface area contributed by atoms with Crippen molar-refractivity contribution in [3.05, 3.63) is 0 Å². The van der Waals surface area contributed by atoms with E-state index in [1.54, 1.807) is 6.92 Å². The van der Waals surface area contributed by atoms with Gasteiger partial charge in [-0.05, 0) is 6.42 Å². The zero-order valence-electron chi connectivity index (χ0n) is 8.10. The van der Waals surface area contributed by atoms with Crippen LogP contribution in [0.25, 0.3) is 0 Å². The Morgan fingerprint density at radius 2 is 1.71 bits per heavy atom. The monoisotopic (exact) mass is 207 g/mol. The summed E-state index contributed by atoms with van der Waals surface area (Å²) in [4.78, 5) is 10.6. The Kier molecular flexibility index (Phi) is 5.63. The molecule has 0 rings (SSSR count).